The highest BCUT2D eigenvalue weighted by molar-refractivity contribution is 5.62. The van der Waals surface area contributed by atoms with Crippen LogP contribution in [0.1, 0.15) is 13.3 Å². The van der Waals surface area contributed by atoms with Crippen LogP contribution in [0.3, 0.4) is 0 Å². The van der Waals surface area contributed by atoms with Crippen LogP contribution in [0.4, 0.5) is 11.4 Å². The van der Waals surface area contributed by atoms with Gasteiger partial charge in [-0.2, -0.15) is 0 Å². The van der Waals surface area contributed by atoms with Gasteiger partial charge >= 0.3 is 0 Å². The Bertz CT molecular complexity index is 427. The molecule has 0 bridgehead atoms. The fourth-order valence-corrected chi connectivity index (χ4v) is 2.46. The minimum Gasteiger partial charge on any atom is -0.491 e. The van der Waals surface area contributed by atoms with Gasteiger partial charge in [0.1, 0.15) is 18.0 Å². The summed E-state index contributed by atoms with van der Waals surface area (Å²) in [6.45, 7) is 4.38. The number of nitrogens with two attached hydrogens (primary N) is 1. The number of ether oxygens (including phenoxy) is 3. The van der Waals surface area contributed by atoms with E-state index in [-0.39, 0.29) is 12.2 Å². The number of nitrogen functional groups attached to an aromatic ring is 1. The maximum atomic E-state index is 5.94. The van der Waals surface area contributed by atoms with Crippen LogP contribution in [0.2, 0.25) is 0 Å². The molecule has 112 valence electrons. The summed E-state index contributed by atoms with van der Waals surface area (Å²) in [5, 5.41) is 0. The molecule has 1 aliphatic heterocycles. The van der Waals surface area contributed by atoms with Gasteiger partial charge in [0.2, 0.25) is 0 Å². The second-order valence-electron chi connectivity index (χ2n) is 5.02. The van der Waals surface area contributed by atoms with E-state index in [0.29, 0.717) is 12.3 Å². The number of hydrogen-bond acceptors (Lipinski definition) is 5. The predicted octanol–water partition coefficient (Wildman–Crippen LogP) is 1.91. The van der Waals surface area contributed by atoms with E-state index in [1.54, 1.807) is 14.2 Å². The van der Waals surface area contributed by atoms with E-state index in [1.807, 2.05) is 18.2 Å². The summed E-state index contributed by atoms with van der Waals surface area (Å²) in [7, 11) is 3.44. The fourth-order valence-electron chi connectivity index (χ4n) is 2.46. The molecule has 0 spiro atoms. The minimum absolute atomic E-state index is 0.0950. The van der Waals surface area contributed by atoms with Gasteiger partial charge in [-0.05, 0) is 18.6 Å². The van der Waals surface area contributed by atoms with Crippen molar-refractivity contribution in [2.24, 2.45) is 0 Å². The van der Waals surface area contributed by atoms with E-state index in [9.17, 15) is 0 Å². The van der Waals surface area contributed by atoms with Crippen molar-refractivity contribution in [3.63, 3.8) is 0 Å². The molecule has 0 aromatic heterocycles. The second kappa shape index (κ2) is 6.81. The summed E-state index contributed by atoms with van der Waals surface area (Å²) in [4.78, 5) is 2.24. The van der Waals surface area contributed by atoms with Gasteiger partial charge in [0.25, 0.3) is 0 Å². The Morgan fingerprint density at radius 1 is 1.20 bits per heavy atom. The van der Waals surface area contributed by atoms with E-state index >= 15 is 0 Å². The van der Waals surface area contributed by atoms with Gasteiger partial charge in [-0.3, -0.25) is 0 Å². The predicted molar refractivity (Wildman–Crippen MR) is 80.4 cm³/mol. The Morgan fingerprint density at radius 3 is 2.40 bits per heavy atom. The van der Waals surface area contributed by atoms with Gasteiger partial charge in [0, 0.05) is 39.1 Å². The lowest BCUT2D eigenvalue weighted by atomic mass is 10.2. The lowest BCUT2D eigenvalue weighted by molar-refractivity contribution is -0.00461. The highest BCUT2D eigenvalue weighted by atomic mass is 16.5. The average molecular weight is 280 g/mol. The van der Waals surface area contributed by atoms with E-state index in [0.717, 1.165) is 30.9 Å². The lowest BCUT2D eigenvalue weighted by Gasteiger charge is -2.19. The molecule has 0 aliphatic carbocycles. The molecule has 1 aromatic carbocycles. The fraction of sp³-hybridized carbons (Fsp3) is 0.600. The summed E-state index contributed by atoms with van der Waals surface area (Å²) < 4.78 is 16.6. The maximum absolute atomic E-state index is 5.94. The first-order valence-corrected chi connectivity index (χ1v) is 7.02. The number of benzene rings is 1. The average Bonchev–Trinajstić information content (AvgIpc) is 2.89. The Hall–Kier alpha value is -1.46. The van der Waals surface area contributed by atoms with Crippen molar-refractivity contribution in [3.8, 4) is 5.75 Å². The van der Waals surface area contributed by atoms with Gasteiger partial charge in [-0.1, -0.05) is 6.92 Å². The van der Waals surface area contributed by atoms with Crippen molar-refractivity contribution in [1.82, 2.24) is 0 Å². The molecule has 1 aromatic rings. The first-order valence-electron chi connectivity index (χ1n) is 7.02. The molecule has 5 heteroatoms. The summed E-state index contributed by atoms with van der Waals surface area (Å²) in [6.07, 6.45) is 1.15. The second-order valence-corrected chi connectivity index (χ2v) is 5.02. The van der Waals surface area contributed by atoms with Crippen molar-refractivity contribution in [3.05, 3.63) is 18.2 Å². The number of nitrogens with zero attached hydrogens (tertiary/aromatic N) is 1. The molecule has 1 fully saturated rings. The quantitative estimate of drug-likeness (QED) is 0.807. The number of methoxy groups -OCH3 is 2. The SMILES string of the molecule is CCCOc1cc(N2CC(OC)C(OC)C2)ccc1N. The molecular formula is C15H24N2O3. The molecule has 2 rings (SSSR count). The molecule has 0 saturated carbocycles. The molecular weight excluding hydrogens is 256 g/mol. The van der Waals surface area contributed by atoms with Gasteiger partial charge in [-0.25, -0.2) is 0 Å². The summed E-state index contributed by atoms with van der Waals surface area (Å²) in [6, 6.07) is 5.90. The summed E-state index contributed by atoms with van der Waals surface area (Å²) >= 11 is 0. The highest BCUT2D eigenvalue weighted by Gasteiger charge is 2.33. The lowest BCUT2D eigenvalue weighted by Crippen LogP contribution is -2.27. The first-order chi connectivity index (χ1) is 9.69. The van der Waals surface area contributed by atoms with Crippen LogP contribution >= 0.6 is 0 Å². The Kier molecular flexibility index (Phi) is 5.09. The number of hydrogen-bond donors (Lipinski definition) is 1. The molecule has 0 radical (unpaired) electrons. The smallest absolute Gasteiger partial charge is 0.144 e. The molecule has 2 N–H and O–H groups in total. The van der Waals surface area contributed by atoms with Crippen LogP contribution in [-0.2, 0) is 9.47 Å². The van der Waals surface area contributed by atoms with Crippen LogP contribution in [-0.4, -0.2) is 46.1 Å². The van der Waals surface area contributed by atoms with Crippen LogP contribution in [0.25, 0.3) is 0 Å². The third kappa shape index (κ3) is 3.16. The zero-order valence-corrected chi connectivity index (χ0v) is 12.5. The Labute approximate surface area is 120 Å². The van der Waals surface area contributed by atoms with Crippen molar-refractivity contribution < 1.29 is 14.2 Å². The van der Waals surface area contributed by atoms with Crippen molar-refractivity contribution in [1.29, 1.82) is 0 Å². The molecule has 20 heavy (non-hydrogen) atoms. The van der Waals surface area contributed by atoms with E-state index in [2.05, 4.69) is 11.8 Å². The molecule has 1 aliphatic rings. The third-order valence-corrected chi connectivity index (χ3v) is 3.64. The van der Waals surface area contributed by atoms with Crippen molar-refractivity contribution >= 4 is 11.4 Å². The molecule has 2 atom stereocenters. The Balaban J connectivity index is 2.13. The number of rotatable bonds is 6. The van der Waals surface area contributed by atoms with E-state index < -0.39 is 0 Å². The standard InChI is InChI=1S/C15H24N2O3/c1-4-7-20-13-8-11(5-6-12(13)16)17-9-14(18-2)15(10-17)19-3/h5-6,8,14-15H,4,7,9-10,16H2,1-3H3. The monoisotopic (exact) mass is 280 g/mol. The minimum atomic E-state index is 0.0950. The zero-order valence-electron chi connectivity index (χ0n) is 12.5. The van der Waals surface area contributed by atoms with E-state index in [4.69, 9.17) is 19.9 Å². The largest absolute Gasteiger partial charge is 0.491 e. The van der Waals surface area contributed by atoms with Crippen molar-refractivity contribution in [2.75, 3.05) is 44.5 Å². The van der Waals surface area contributed by atoms with Crippen LogP contribution in [0, 0.1) is 0 Å². The summed E-state index contributed by atoms with van der Waals surface area (Å²) in [5.41, 5.74) is 7.71. The molecule has 5 nitrogen and oxygen atoms in total. The Morgan fingerprint density at radius 2 is 1.85 bits per heavy atom. The third-order valence-electron chi connectivity index (χ3n) is 3.64. The maximum Gasteiger partial charge on any atom is 0.144 e. The highest BCUT2D eigenvalue weighted by Crippen LogP contribution is 2.30. The molecule has 2 unspecified atom stereocenters. The molecule has 0 amide bonds. The topological polar surface area (TPSA) is 57.0 Å². The van der Waals surface area contributed by atoms with Gasteiger partial charge in [0.15, 0.2) is 0 Å². The van der Waals surface area contributed by atoms with Crippen LogP contribution in [0.15, 0.2) is 18.2 Å². The van der Waals surface area contributed by atoms with Crippen LogP contribution < -0.4 is 15.4 Å². The zero-order chi connectivity index (χ0) is 14.5. The van der Waals surface area contributed by atoms with Crippen molar-refractivity contribution in [2.45, 2.75) is 25.6 Å². The molecule has 1 saturated heterocycles. The van der Waals surface area contributed by atoms with E-state index in [1.165, 1.54) is 0 Å². The van der Waals surface area contributed by atoms with Gasteiger partial charge in [-0.15, -0.1) is 0 Å². The first kappa shape index (κ1) is 14.9. The number of anilines is 2. The summed E-state index contributed by atoms with van der Waals surface area (Å²) in [5.74, 6) is 0.749. The van der Waals surface area contributed by atoms with Gasteiger partial charge < -0.3 is 24.8 Å². The molecule has 1 heterocycles. The van der Waals surface area contributed by atoms with Crippen LogP contribution in [0.5, 0.6) is 5.75 Å². The normalized spacial score (nSPS) is 22.2. The van der Waals surface area contributed by atoms with Gasteiger partial charge in [0.05, 0.1) is 12.3 Å².